The van der Waals surface area contributed by atoms with Gasteiger partial charge in [-0.25, -0.2) is 0 Å². The van der Waals surface area contributed by atoms with E-state index in [0.717, 1.165) is 41.1 Å². The molecule has 0 heterocycles. The van der Waals surface area contributed by atoms with Gasteiger partial charge in [0.05, 0.1) is 27.2 Å². The zero-order valence-electron chi connectivity index (χ0n) is 16.4. The highest BCUT2D eigenvalue weighted by Crippen LogP contribution is 2.66. The summed E-state index contributed by atoms with van der Waals surface area (Å²) in [7, 11) is 7.21. The number of hydrogen-bond donors (Lipinski definition) is 0. The summed E-state index contributed by atoms with van der Waals surface area (Å²) in [6, 6.07) is 0.820. The monoisotopic (exact) mass is 330 g/mol. The third-order valence-electron chi connectivity index (χ3n) is 8.85. The van der Waals surface area contributed by atoms with E-state index in [1.807, 2.05) is 6.08 Å². The second-order valence-corrected chi connectivity index (χ2v) is 10.7. The quantitative estimate of drug-likeness (QED) is 0.643. The highest BCUT2D eigenvalue weighted by molar-refractivity contribution is 5.91. The fourth-order valence-electron chi connectivity index (χ4n) is 7.80. The van der Waals surface area contributed by atoms with E-state index in [-0.39, 0.29) is 0 Å². The second-order valence-electron chi connectivity index (χ2n) is 10.7. The van der Waals surface area contributed by atoms with Crippen LogP contribution in [0.2, 0.25) is 0 Å². The summed E-state index contributed by atoms with van der Waals surface area (Å²) in [5.41, 5.74) is 2.36. The minimum Gasteiger partial charge on any atom is -0.328 e. The summed E-state index contributed by atoms with van der Waals surface area (Å²) >= 11 is 0. The van der Waals surface area contributed by atoms with Crippen LogP contribution in [0.5, 0.6) is 0 Å². The van der Waals surface area contributed by atoms with Crippen molar-refractivity contribution in [2.45, 2.75) is 71.3 Å². The Hall–Kier alpha value is -0.630. The van der Waals surface area contributed by atoms with Gasteiger partial charge >= 0.3 is 0 Å². The van der Waals surface area contributed by atoms with Crippen LogP contribution in [0.4, 0.5) is 0 Å². The molecule has 0 aliphatic heterocycles. The van der Waals surface area contributed by atoms with Crippen molar-refractivity contribution >= 4 is 5.78 Å². The molecule has 6 atom stereocenters. The number of nitrogens with zero attached hydrogens (tertiary/aromatic N) is 1. The lowest BCUT2D eigenvalue weighted by Gasteiger charge is -2.58. The predicted octanol–water partition coefficient (Wildman–Crippen LogP) is 4.59. The molecule has 0 N–H and O–H groups in total. The first kappa shape index (κ1) is 16.8. The van der Waals surface area contributed by atoms with Gasteiger partial charge in [-0.15, -0.1) is 0 Å². The van der Waals surface area contributed by atoms with Gasteiger partial charge in [0.25, 0.3) is 0 Å². The van der Waals surface area contributed by atoms with Crippen molar-refractivity contribution in [3.63, 3.8) is 0 Å². The molecule has 0 radical (unpaired) electrons. The highest BCUT2D eigenvalue weighted by Gasteiger charge is 2.61. The molecule has 0 aromatic carbocycles. The number of hydrogen-bond acceptors (Lipinski definition) is 1. The van der Waals surface area contributed by atoms with Gasteiger partial charge in [0.15, 0.2) is 5.78 Å². The summed E-state index contributed by atoms with van der Waals surface area (Å²) in [5, 5.41) is 0. The fourth-order valence-corrected chi connectivity index (χ4v) is 7.80. The van der Waals surface area contributed by atoms with E-state index in [9.17, 15) is 4.79 Å². The maximum Gasteiger partial charge on any atom is 0.155 e. The van der Waals surface area contributed by atoms with E-state index in [4.69, 9.17) is 0 Å². The van der Waals surface area contributed by atoms with Gasteiger partial charge in [-0.05, 0) is 67.8 Å². The van der Waals surface area contributed by atoms with E-state index < -0.39 is 0 Å². The first-order valence-corrected chi connectivity index (χ1v) is 10.2. The Kier molecular flexibility index (Phi) is 3.64. The molecule has 4 rings (SSSR count). The van der Waals surface area contributed by atoms with E-state index in [2.05, 4.69) is 35.0 Å². The van der Waals surface area contributed by atoms with Gasteiger partial charge < -0.3 is 4.48 Å². The Morgan fingerprint density at radius 3 is 2.42 bits per heavy atom. The number of rotatable bonds is 1. The van der Waals surface area contributed by atoms with Gasteiger partial charge in [0, 0.05) is 18.3 Å². The highest BCUT2D eigenvalue weighted by atomic mass is 16.1. The van der Waals surface area contributed by atoms with Crippen LogP contribution >= 0.6 is 0 Å². The average Bonchev–Trinajstić information content (AvgIpc) is 2.85. The van der Waals surface area contributed by atoms with Crippen molar-refractivity contribution in [3.05, 3.63) is 11.6 Å². The normalized spacial score (nSPS) is 48.4. The van der Waals surface area contributed by atoms with Gasteiger partial charge in [0.1, 0.15) is 0 Å². The average molecular weight is 331 g/mol. The molecule has 3 fully saturated rings. The van der Waals surface area contributed by atoms with Crippen LogP contribution in [0.1, 0.15) is 65.2 Å². The summed E-state index contributed by atoms with van der Waals surface area (Å²) in [4.78, 5) is 11.9. The van der Waals surface area contributed by atoms with Gasteiger partial charge in [0.2, 0.25) is 0 Å². The Labute approximate surface area is 148 Å². The maximum atomic E-state index is 11.9. The zero-order chi connectivity index (χ0) is 17.3. The van der Waals surface area contributed by atoms with Crippen LogP contribution < -0.4 is 0 Å². The van der Waals surface area contributed by atoms with E-state index >= 15 is 0 Å². The number of carbonyl (C=O) groups excluding carboxylic acids is 1. The lowest BCUT2D eigenvalue weighted by molar-refractivity contribution is -0.903. The molecule has 24 heavy (non-hydrogen) atoms. The van der Waals surface area contributed by atoms with Crippen LogP contribution in [-0.2, 0) is 4.79 Å². The van der Waals surface area contributed by atoms with E-state index in [1.165, 1.54) is 44.1 Å². The number of quaternary nitrogens is 1. The van der Waals surface area contributed by atoms with Gasteiger partial charge in [-0.2, -0.15) is 0 Å². The third-order valence-corrected chi connectivity index (χ3v) is 8.85. The topological polar surface area (TPSA) is 17.1 Å². The van der Waals surface area contributed by atoms with Crippen LogP contribution in [0.15, 0.2) is 11.6 Å². The smallest absolute Gasteiger partial charge is 0.155 e. The third kappa shape index (κ3) is 2.21. The Morgan fingerprint density at radius 1 is 0.958 bits per heavy atom. The van der Waals surface area contributed by atoms with Crippen LogP contribution in [-0.4, -0.2) is 37.5 Å². The molecule has 0 saturated heterocycles. The SMILES string of the molecule is CC12CCC(=O)C=C1CCC1C2CCC2(C)C1CCC2[N+](C)(C)C. The first-order chi connectivity index (χ1) is 11.2. The van der Waals surface area contributed by atoms with Crippen molar-refractivity contribution < 1.29 is 9.28 Å². The number of fused-ring (bicyclic) bond motifs is 5. The molecule has 4 aliphatic carbocycles. The molecule has 0 bridgehead atoms. The minimum atomic E-state index is 0.326. The van der Waals surface area contributed by atoms with Crippen LogP contribution in [0.25, 0.3) is 0 Å². The molecule has 2 heteroatoms. The largest absolute Gasteiger partial charge is 0.328 e. The van der Waals surface area contributed by atoms with Crippen molar-refractivity contribution in [1.82, 2.24) is 0 Å². The molecule has 4 aliphatic rings. The molecule has 0 spiro atoms. The first-order valence-electron chi connectivity index (χ1n) is 10.2. The molecular weight excluding hydrogens is 294 g/mol. The van der Waals surface area contributed by atoms with E-state index in [1.54, 1.807) is 0 Å². The minimum absolute atomic E-state index is 0.326. The molecule has 0 aromatic rings. The molecular formula is C22H36NO+. The van der Waals surface area contributed by atoms with Crippen molar-refractivity contribution in [2.75, 3.05) is 21.1 Å². The van der Waals surface area contributed by atoms with Gasteiger partial charge in [-0.1, -0.05) is 19.4 Å². The van der Waals surface area contributed by atoms with Crippen molar-refractivity contribution in [2.24, 2.45) is 28.6 Å². The van der Waals surface area contributed by atoms with Gasteiger partial charge in [-0.3, -0.25) is 4.79 Å². The van der Waals surface area contributed by atoms with Crippen LogP contribution in [0.3, 0.4) is 0 Å². The molecule has 0 amide bonds. The summed E-state index contributed by atoms with van der Waals surface area (Å²) in [6.07, 6.45) is 12.1. The molecule has 0 aromatic heterocycles. The Bertz CT molecular complexity index is 585. The van der Waals surface area contributed by atoms with Crippen LogP contribution in [0, 0.1) is 28.6 Å². The molecule has 2 nitrogen and oxygen atoms in total. The van der Waals surface area contributed by atoms with Crippen molar-refractivity contribution in [1.29, 1.82) is 0 Å². The summed E-state index contributed by atoms with van der Waals surface area (Å²) in [5.74, 6) is 3.02. The lowest BCUT2D eigenvalue weighted by atomic mass is 9.47. The number of allylic oxidation sites excluding steroid dienone is 1. The predicted molar refractivity (Wildman–Crippen MR) is 98.5 cm³/mol. The number of ketones is 1. The molecule has 3 saturated carbocycles. The molecule has 6 unspecified atom stereocenters. The van der Waals surface area contributed by atoms with E-state index in [0.29, 0.717) is 16.6 Å². The lowest BCUT2D eigenvalue weighted by Crippen LogP contribution is -2.57. The standard InChI is InChI=1S/C22H36NO/c1-21-12-10-16(24)14-15(21)6-7-17-18-8-9-20(23(3,4)5)22(18,2)13-11-19(17)21/h14,17-20H,6-13H2,1-5H3/q+1. The summed E-state index contributed by atoms with van der Waals surface area (Å²) < 4.78 is 1.13. The Balaban J connectivity index is 1.66. The fraction of sp³-hybridized carbons (Fsp3) is 0.864. The zero-order valence-corrected chi connectivity index (χ0v) is 16.4. The summed E-state index contributed by atoms with van der Waals surface area (Å²) in [6.45, 7) is 5.12. The second kappa shape index (κ2) is 5.19. The van der Waals surface area contributed by atoms with Crippen molar-refractivity contribution in [3.8, 4) is 0 Å². The maximum absolute atomic E-state index is 11.9. The number of carbonyl (C=O) groups is 1. The molecule has 134 valence electrons. The Morgan fingerprint density at radius 2 is 1.71 bits per heavy atom.